The SMILES string of the molecule is CC/C=C\C/C=C\C/C=C\C/C=C\CCCCCCCCCCCCCCCCC(=O)OCC(COC(=O)CCCCCCC/C=C\CCCCC)OC(=O)CCCCCCCCCCCCC/C=C\C/C=C\CCCCCCC. The van der Waals surface area contributed by atoms with E-state index in [0.29, 0.717) is 19.3 Å². The summed E-state index contributed by atoms with van der Waals surface area (Å²) in [6, 6.07) is 0. The average molecular weight is 1120 g/mol. The standard InChI is InChI=1S/C74H130O6/c1-4-7-10-13-16-19-22-25-27-29-31-33-35-36-37-38-40-41-43-45-47-49-52-55-58-61-64-67-73(76)79-70-71(69-78-72(75)66-63-60-57-54-51-24-21-18-15-12-9-6-3)80-74(77)68-65-62-59-56-53-50-48-46-44-42-39-34-32-30-28-26-23-20-17-14-11-8-5-2/h7,10,16,18-19,21,23,25-27,30-33,71H,4-6,8-9,11-15,17,20,22,24,28-29,34-70H2,1-3H3/b10-7-,19-16-,21-18-,26-23-,27-25-,32-30-,33-31-. The fourth-order valence-corrected chi connectivity index (χ4v) is 9.93. The fourth-order valence-electron chi connectivity index (χ4n) is 9.93. The van der Waals surface area contributed by atoms with Crippen molar-refractivity contribution in [2.45, 2.75) is 354 Å². The molecule has 0 aromatic carbocycles. The molecule has 0 heterocycles. The van der Waals surface area contributed by atoms with Gasteiger partial charge in [0.1, 0.15) is 13.2 Å². The van der Waals surface area contributed by atoms with Gasteiger partial charge in [0.25, 0.3) is 0 Å². The third kappa shape index (κ3) is 65.4. The molecule has 80 heavy (non-hydrogen) atoms. The molecule has 0 aliphatic heterocycles. The molecule has 0 aromatic rings. The molecule has 0 rings (SSSR count). The van der Waals surface area contributed by atoms with Gasteiger partial charge >= 0.3 is 17.9 Å². The highest BCUT2D eigenvalue weighted by Crippen LogP contribution is 2.17. The predicted octanol–water partition coefficient (Wildman–Crippen LogP) is 23.8. The Balaban J connectivity index is 4.25. The van der Waals surface area contributed by atoms with Crippen molar-refractivity contribution in [1.29, 1.82) is 0 Å². The lowest BCUT2D eigenvalue weighted by Gasteiger charge is -2.18. The summed E-state index contributed by atoms with van der Waals surface area (Å²) in [7, 11) is 0. The normalized spacial score (nSPS) is 12.6. The molecule has 0 spiro atoms. The van der Waals surface area contributed by atoms with Crippen LogP contribution in [0.25, 0.3) is 0 Å². The Morgan fingerprint density at radius 1 is 0.263 bits per heavy atom. The second kappa shape index (κ2) is 68.1. The molecule has 0 saturated carbocycles. The molecule has 6 heteroatoms. The van der Waals surface area contributed by atoms with Crippen molar-refractivity contribution in [2.24, 2.45) is 0 Å². The summed E-state index contributed by atoms with van der Waals surface area (Å²) in [6.07, 6.45) is 90.3. The molecule has 0 aliphatic carbocycles. The van der Waals surface area contributed by atoms with Crippen LogP contribution in [0.15, 0.2) is 85.1 Å². The van der Waals surface area contributed by atoms with Crippen LogP contribution in [0.5, 0.6) is 0 Å². The molecule has 6 nitrogen and oxygen atoms in total. The largest absolute Gasteiger partial charge is 0.462 e. The van der Waals surface area contributed by atoms with Crippen molar-refractivity contribution in [3.8, 4) is 0 Å². The molecule has 0 bridgehead atoms. The molecule has 0 radical (unpaired) electrons. The Kier molecular flexibility index (Phi) is 65.2. The number of hydrogen-bond acceptors (Lipinski definition) is 6. The quantitative estimate of drug-likeness (QED) is 0.0261. The van der Waals surface area contributed by atoms with Crippen molar-refractivity contribution >= 4 is 17.9 Å². The van der Waals surface area contributed by atoms with Crippen LogP contribution >= 0.6 is 0 Å². The fraction of sp³-hybridized carbons (Fsp3) is 0.770. The first kappa shape index (κ1) is 76.6. The van der Waals surface area contributed by atoms with E-state index in [1.54, 1.807) is 0 Å². The van der Waals surface area contributed by atoms with Crippen LogP contribution in [0.2, 0.25) is 0 Å². The number of allylic oxidation sites excluding steroid dienone is 14. The molecule has 0 fully saturated rings. The smallest absolute Gasteiger partial charge is 0.306 e. The zero-order valence-corrected chi connectivity index (χ0v) is 53.1. The van der Waals surface area contributed by atoms with Crippen LogP contribution in [-0.4, -0.2) is 37.2 Å². The summed E-state index contributed by atoms with van der Waals surface area (Å²) in [5, 5.41) is 0. The van der Waals surface area contributed by atoms with Gasteiger partial charge in [0, 0.05) is 19.3 Å². The third-order valence-corrected chi connectivity index (χ3v) is 15.1. The molecule has 0 saturated heterocycles. The van der Waals surface area contributed by atoms with Gasteiger partial charge in [-0.05, 0) is 116 Å². The van der Waals surface area contributed by atoms with Crippen molar-refractivity contribution in [2.75, 3.05) is 13.2 Å². The van der Waals surface area contributed by atoms with Gasteiger partial charge in [0.15, 0.2) is 6.10 Å². The highest BCUT2D eigenvalue weighted by molar-refractivity contribution is 5.71. The lowest BCUT2D eigenvalue weighted by Crippen LogP contribution is -2.30. The molecule has 1 unspecified atom stereocenters. The van der Waals surface area contributed by atoms with Gasteiger partial charge in [-0.15, -0.1) is 0 Å². The van der Waals surface area contributed by atoms with Crippen molar-refractivity contribution in [3.63, 3.8) is 0 Å². The first-order valence-electron chi connectivity index (χ1n) is 34.6. The molecule has 0 aliphatic rings. The summed E-state index contributed by atoms with van der Waals surface area (Å²) in [4.78, 5) is 38.4. The van der Waals surface area contributed by atoms with E-state index in [1.165, 1.54) is 212 Å². The van der Waals surface area contributed by atoms with E-state index in [9.17, 15) is 14.4 Å². The molecule has 0 aromatic heterocycles. The van der Waals surface area contributed by atoms with E-state index in [4.69, 9.17) is 14.2 Å². The maximum absolute atomic E-state index is 12.9. The zero-order valence-electron chi connectivity index (χ0n) is 53.1. The molecule has 1 atom stereocenters. The van der Waals surface area contributed by atoms with Gasteiger partial charge in [-0.2, -0.15) is 0 Å². The monoisotopic (exact) mass is 1110 g/mol. The summed E-state index contributed by atoms with van der Waals surface area (Å²) >= 11 is 0. The summed E-state index contributed by atoms with van der Waals surface area (Å²) in [5.41, 5.74) is 0. The Hall–Kier alpha value is -3.41. The molecular formula is C74H130O6. The summed E-state index contributed by atoms with van der Waals surface area (Å²) in [5.74, 6) is -0.873. The van der Waals surface area contributed by atoms with Gasteiger partial charge in [-0.3, -0.25) is 14.4 Å². The maximum Gasteiger partial charge on any atom is 0.306 e. The number of rotatable bonds is 63. The van der Waals surface area contributed by atoms with Crippen molar-refractivity contribution in [1.82, 2.24) is 0 Å². The maximum atomic E-state index is 12.9. The Morgan fingerprint density at radius 3 is 0.800 bits per heavy atom. The van der Waals surface area contributed by atoms with Crippen LogP contribution in [-0.2, 0) is 28.6 Å². The second-order valence-electron chi connectivity index (χ2n) is 23.1. The van der Waals surface area contributed by atoms with Crippen molar-refractivity contribution in [3.05, 3.63) is 85.1 Å². The Morgan fingerprint density at radius 2 is 0.487 bits per heavy atom. The summed E-state index contributed by atoms with van der Waals surface area (Å²) < 4.78 is 17.0. The first-order chi connectivity index (χ1) is 39.5. The number of unbranched alkanes of at least 4 members (excludes halogenated alkanes) is 38. The van der Waals surface area contributed by atoms with E-state index >= 15 is 0 Å². The molecule has 0 amide bonds. The van der Waals surface area contributed by atoms with Gasteiger partial charge in [-0.25, -0.2) is 0 Å². The minimum absolute atomic E-state index is 0.0775. The van der Waals surface area contributed by atoms with Gasteiger partial charge in [-0.1, -0.05) is 298 Å². The number of hydrogen-bond donors (Lipinski definition) is 0. The van der Waals surface area contributed by atoms with Crippen LogP contribution in [0.1, 0.15) is 348 Å². The second-order valence-corrected chi connectivity index (χ2v) is 23.1. The van der Waals surface area contributed by atoms with Gasteiger partial charge in [0.05, 0.1) is 0 Å². The lowest BCUT2D eigenvalue weighted by atomic mass is 10.0. The van der Waals surface area contributed by atoms with Gasteiger partial charge < -0.3 is 14.2 Å². The van der Waals surface area contributed by atoms with E-state index in [2.05, 4.69) is 106 Å². The van der Waals surface area contributed by atoms with Gasteiger partial charge in [0.2, 0.25) is 0 Å². The molecular weight excluding hydrogens is 985 g/mol. The summed E-state index contributed by atoms with van der Waals surface area (Å²) in [6.45, 7) is 6.53. The van der Waals surface area contributed by atoms with E-state index in [1.807, 2.05) is 0 Å². The highest BCUT2D eigenvalue weighted by atomic mass is 16.6. The van der Waals surface area contributed by atoms with Crippen molar-refractivity contribution < 1.29 is 28.6 Å². The van der Waals surface area contributed by atoms with Crippen LogP contribution in [0.3, 0.4) is 0 Å². The first-order valence-corrected chi connectivity index (χ1v) is 34.6. The topological polar surface area (TPSA) is 78.9 Å². The number of ether oxygens (including phenoxy) is 3. The number of carbonyl (C=O) groups is 3. The molecule has 0 N–H and O–H groups in total. The minimum atomic E-state index is -0.782. The van der Waals surface area contributed by atoms with E-state index < -0.39 is 6.10 Å². The third-order valence-electron chi connectivity index (χ3n) is 15.1. The number of esters is 3. The Bertz CT molecular complexity index is 1520. The predicted molar refractivity (Wildman–Crippen MR) is 348 cm³/mol. The minimum Gasteiger partial charge on any atom is -0.462 e. The van der Waals surface area contributed by atoms with Crippen LogP contribution < -0.4 is 0 Å². The Labute approximate surface area is 496 Å². The average Bonchev–Trinajstić information content (AvgIpc) is 3.46. The zero-order chi connectivity index (χ0) is 57.8. The lowest BCUT2D eigenvalue weighted by molar-refractivity contribution is -0.167. The van der Waals surface area contributed by atoms with Crippen LogP contribution in [0, 0.1) is 0 Å². The van der Waals surface area contributed by atoms with E-state index in [-0.39, 0.29) is 31.1 Å². The molecule has 462 valence electrons. The van der Waals surface area contributed by atoms with E-state index in [0.717, 1.165) is 96.3 Å². The number of carbonyl (C=O) groups excluding carboxylic acids is 3. The highest BCUT2D eigenvalue weighted by Gasteiger charge is 2.19. The van der Waals surface area contributed by atoms with Crippen LogP contribution in [0.4, 0.5) is 0 Å².